The fourth-order valence-corrected chi connectivity index (χ4v) is 4.06. The fourth-order valence-electron chi connectivity index (χ4n) is 4.06. The van der Waals surface area contributed by atoms with Crippen molar-refractivity contribution in [3.8, 4) is 39.5 Å². The summed E-state index contributed by atoms with van der Waals surface area (Å²) in [7, 11) is 0. The Morgan fingerprint density at radius 1 is 0.676 bits per heavy atom. The second kappa shape index (κ2) is 10.6. The molecule has 5 aromatic rings. The van der Waals surface area contributed by atoms with Crippen LogP contribution in [0.2, 0.25) is 0 Å². The molecule has 0 radical (unpaired) electrons. The molecule has 2 aromatic heterocycles. The average molecular weight is 623 g/mol. The SMILES string of the molecule is CC(c1ccccc1)c1cccc(-c2cccc(-c3[c-]c(-c4ccccn4)ccc3)n2)c1O.[Pt]. The van der Waals surface area contributed by atoms with Crippen molar-refractivity contribution in [2.24, 2.45) is 0 Å². The average Bonchev–Trinajstić information content (AvgIpc) is 2.90. The Morgan fingerprint density at radius 2 is 1.32 bits per heavy atom. The first-order chi connectivity index (χ1) is 16.2. The summed E-state index contributed by atoms with van der Waals surface area (Å²) < 4.78 is 0. The van der Waals surface area contributed by atoms with Crippen LogP contribution in [0.15, 0.2) is 109 Å². The number of hydrogen-bond donors (Lipinski definition) is 1. The third-order valence-electron chi connectivity index (χ3n) is 5.87. The Morgan fingerprint density at radius 3 is 2.09 bits per heavy atom. The van der Waals surface area contributed by atoms with E-state index in [4.69, 9.17) is 4.98 Å². The van der Waals surface area contributed by atoms with Crippen molar-refractivity contribution in [2.75, 3.05) is 0 Å². The summed E-state index contributed by atoms with van der Waals surface area (Å²) in [5.41, 5.74) is 6.96. The van der Waals surface area contributed by atoms with Crippen molar-refractivity contribution in [3.63, 3.8) is 0 Å². The molecule has 0 bridgehead atoms. The number of hydrogen-bond acceptors (Lipinski definition) is 3. The molecule has 1 atom stereocenters. The second-order valence-corrected chi connectivity index (χ2v) is 7.98. The first-order valence-electron chi connectivity index (χ1n) is 11.0. The third-order valence-corrected chi connectivity index (χ3v) is 5.87. The van der Waals surface area contributed by atoms with Crippen LogP contribution in [0.25, 0.3) is 33.8 Å². The molecule has 0 fully saturated rings. The van der Waals surface area contributed by atoms with E-state index in [-0.39, 0.29) is 32.7 Å². The summed E-state index contributed by atoms with van der Waals surface area (Å²) in [6.07, 6.45) is 1.78. The van der Waals surface area contributed by atoms with Gasteiger partial charge in [0.2, 0.25) is 0 Å². The maximum atomic E-state index is 11.2. The molecule has 170 valence electrons. The Labute approximate surface area is 214 Å². The van der Waals surface area contributed by atoms with Crippen LogP contribution in [0.5, 0.6) is 5.75 Å². The third kappa shape index (κ3) is 4.85. The zero-order valence-corrected chi connectivity index (χ0v) is 20.9. The van der Waals surface area contributed by atoms with Crippen molar-refractivity contribution in [1.82, 2.24) is 9.97 Å². The van der Waals surface area contributed by atoms with Crippen LogP contribution in [0.1, 0.15) is 24.0 Å². The van der Waals surface area contributed by atoms with E-state index in [9.17, 15) is 5.11 Å². The van der Waals surface area contributed by atoms with Crippen LogP contribution < -0.4 is 0 Å². The molecule has 1 unspecified atom stereocenters. The number of aromatic hydroxyl groups is 1. The first-order valence-corrected chi connectivity index (χ1v) is 11.0. The second-order valence-electron chi connectivity index (χ2n) is 7.98. The van der Waals surface area contributed by atoms with Gasteiger partial charge in [-0.25, -0.2) is 0 Å². The largest absolute Gasteiger partial charge is 0.507 e. The summed E-state index contributed by atoms with van der Waals surface area (Å²) in [4.78, 5) is 9.30. The summed E-state index contributed by atoms with van der Waals surface area (Å²) in [5.74, 6) is 0.336. The molecule has 1 N–H and O–H groups in total. The molecule has 0 amide bonds. The van der Waals surface area contributed by atoms with Gasteiger partial charge < -0.3 is 5.11 Å². The molecule has 0 aliphatic rings. The number of aromatic nitrogens is 2. The van der Waals surface area contributed by atoms with Crippen LogP contribution in [-0.2, 0) is 21.1 Å². The number of rotatable bonds is 5. The zero-order chi connectivity index (χ0) is 22.6. The van der Waals surface area contributed by atoms with Crippen molar-refractivity contribution in [1.29, 1.82) is 0 Å². The van der Waals surface area contributed by atoms with E-state index in [1.54, 1.807) is 6.20 Å². The zero-order valence-electron chi connectivity index (χ0n) is 18.6. The fraction of sp³-hybridized carbons (Fsp3) is 0.0667. The van der Waals surface area contributed by atoms with E-state index in [1.165, 1.54) is 0 Å². The Hall–Kier alpha value is -3.55. The molecule has 5 rings (SSSR count). The number of phenols is 1. The molecule has 0 saturated heterocycles. The first kappa shape index (κ1) is 23.6. The van der Waals surface area contributed by atoms with E-state index >= 15 is 0 Å². The van der Waals surface area contributed by atoms with Gasteiger partial charge in [0, 0.05) is 55.7 Å². The monoisotopic (exact) mass is 622 g/mol. The van der Waals surface area contributed by atoms with Crippen LogP contribution in [0.3, 0.4) is 0 Å². The molecule has 0 saturated carbocycles. The molecule has 2 heterocycles. The Balaban J connectivity index is 0.00000274. The molecule has 4 heteroatoms. The number of benzene rings is 3. The summed E-state index contributed by atoms with van der Waals surface area (Å²) in [5, 5.41) is 11.2. The maximum Gasteiger partial charge on any atom is 0.128 e. The summed E-state index contributed by atoms with van der Waals surface area (Å²) in [6, 6.07) is 37.2. The van der Waals surface area contributed by atoms with Gasteiger partial charge in [0.05, 0.1) is 5.69 Å². The van der Waals surface area contributed by atoms with Gasteiger partial charge >= 0.3 is 0 Å². The van der Waals surface area contributed by atoms with E-state index in [0.29, 0.717) is 0 Å². The molecular weight excluding hydrogens is 599 g/mol. The van der Waals surface area contributed by atoms with E-state index in [0.717, 1.165) is 44.9 Å². The molecule has 3 aromatic carbocycles. The van der Waals surface area contributed by atoms with Gasteiger partial charge in [-0.2, -0.15) is 0 Å². The number of nitrogens with zero attached hydrogens (tertiary/aromatic N) is 2. The molecule has 0 aliphatic carbocycles. The quantitative estimate of drug-likeness (QED) is 0.212. The minimum atomic E-state index is 0. The molecule has 0 aliphatic heterocycles. The standard InChI is InChI=1S/C30H23N2O.Pt/c1-21(22-10-3-2-4-11-22)25-14-8-15-26(30(25)33)29-18-9-17-28(32-29)24-13-7-12-23(20-24)27-16-5-6-19-31-27;/h2-19,21,33H,1H3;/q-1;. The van der Waals surface area contributed by atoms with Gasteiger partial charge in [-0.3, -0.25) is 9.97 Å². The summed E-state index contributed by atoms with van der Waals surface area (Å²) in [6.45, 7) is 2.11. The minimum Gasteiger partial charge on any atom is -0.507 e. The topological polar surface area (TPSA) is 46.0 Å². The predicted molar refractivity (Wildman–Crippen MR) is 133 cm³/mol. The Kier molecular flexibility index (Phi) is 7.35. The van der Waals surface area contributed by atoms with Crippen LogP contribution in [-0.4, -0.2) is 15.1 Å². The van der Waals surface area contributed by atoms with Gasteiger partial charge in [-0.15, -0.1) is 24.3 Å². The predicted octanol–water partition coefficient (Wildman–Crippen LogP) is 7.13. The van der Waals surface area contributed by atoms with Crippen molar-refractivity contribution in [2.45, 2.75) is 12.8 Å². The summed E-state index contributed by atoms with van der Waals surface area (Å²) >= 11 is 0. The van der Waals surface area contributed by atoms with Crippen LogP contribution in [0, 0.1) is 6.07 Å². The van der Waals surface area contributed by atoms with Gasteiger partial charge in [0.15, 0.2) is 0 Å². The van der Waals surface area contributed by atoms with Crippen molar-refractivity contribution in [3.05, 3.63) is 127 Å². The molecule has 3 nitrogen and oxygen atoms in total. The van der Waals surface area contributed by atoms with Crippen LogP contribution in [0.4, 0.5) is 0 Å². The van der Waals surface area contributed by atoms with Crippen molar-refractivity contribution >= 4 is 0 Å². The molecule has 0 spiro atoms. The Bertz CT molecular complexity index is 1390. The molecular formula is C30H23N2OPt-. The smallest absolute Gasteiger partial charge is 0.128 e. The molecule has 34 heavy (non-hydrogen) atoms. The van der Waals surface area contributed by atoms with Gasteiger partial charge in [0.1, 0.15) is 5.75 Å². The minimum absolute atomic E-state index is 0. The normalized spacial score (nSPS) is 11.4. The number of para-hydroxylation sites is 1. The van der Waals surface area contributed by atoms with Gasteiger partial charge in [-0.05, 0) is 23.8 Å². The maximum absolute atomic E-state index is 11.2. The van der Waals surface area contributed by atoms with E-state index in [2.05, 4.69) is 30.1 Å². The van der Waals surface area contributed by atoms with Gasteiger partial charge in [0.25, 0.3) is 0 Å². The van der Waals surface area contributed by atoms with E-state index in [1.807, 2.05) is 91.0 Å². The van der Waals surface area contributed by atoms with Gasteiger partial charge in [-0.1, -0.05) is 84.8 Å². The van der Waals surface area contributed by atoms with Crippen LogP contribution >= 0.6 is 0 Å². The van der Waals surface area contributed by atoms with Crippen molar-refractivity contribution < 1.29 is 26.2 Å². The number of phenolic OH excluding ortho intramolecular Hbond substituents is 1. The number of pyridine rings is 2. The van der Waals surface area contributed by atoms with E-state index < -0.39 is 0 Å².